The van der Waals surface area contributed by atoms with Crippen LogP contribution in [0, 0.1) is 10.2 Å². The van der Waals surface area contributed by atoms with Crippen LogP contribution in [-0.2, 0) is 0 Å². The number of hydrogen-bond acceptors (Lipinski definition) is 1. The van der Waals surface area contributed by atoms with Crippen LogP contribution in [0.25, 0.3) is 0 Å². The molecule has 0 rings (SSSR count). The van der Waals surface area contributed by atoms with Gasteiger partial charge in [0.1, 0.15) is 0 Å². The molecule has 0 heterocycles. The van der Waals surface area contributed by atoms with Crippen molar-refractivity contribution >= 4 is 39.1 Å². The van der Waals surface area contributed by atoms with Gasteiger partial charge in [0.05, 0.1) is 0 Å². The second-order valence-electron chi connectivity index (χ2n) is 0.100. The molecule has 0 fully saturated rings. The average Bonchev–Trinajstić information content (AvgIpc) is 0.918. The Morgan fingerprint density at radius 2 is 2.00 bits per heavy atom. The fourth-order valence-corrected chi connectivity index (χ4v) is 0. The smallest absolute Gasteiger partial charge is 1.00 e. The van der Waals surface area contributed by atoms with E-state index in [0.717, 1.165) is 0 Å². The van der Waals surface area contributed by atoms with Gasteiger partial charge in [-0.05, 0) is 0 Å². The number of rotatable bonds is 0. The molecule has 0 aromatic rings. The zero-order valence-corrected chi connectivity index (χ0v) is 5.39. The van der Waals surface area contributed by atoms with Gasteiger partial charge >= 0.3 is 49.3 Å². The first-order valence-electron chi connectivity index (χ1n) is 0.447. The number of nitrogens with zero attached hydrogens (tertiary/aromatic N) is 1. The summed E-state index contributed by atoms with van der Waals surface area (Å²) in [5.41, 5.74) is 0. The standard InChI is InChI=1S/CHNSe.Mg.2H/c2-1-3;;;/h3H;;;/q;+2;2*-1. The van der Waals surface area contributed by atoms with Crippen LogP contribution < -0.4 is 0 Å². The van der Waals surface area contributed by atoms with Gasteiger partial charge in [0.15, 0.2) is 0 Å². The van der Waals surface area contributed by atoms with Gasteiger partial charge in [-0.15, -0.1) is 0 Å². The van der Waals surface area contributed by atoms with Gasteiger partial charge in [-0.25, -0.2) is 0 Å². The largest absolute Gasteiger partial charge is 2.00 e. The summed E-state index contributed by atoms with van der Waals surface area (Å²) < 4.78 is 0. The van der Waals surface area contributed by atoms with Gasteiger partial charge in [-0.2, -0.15) is 0 Å². The van der Waals surface area contributed by atoms with Crippen LogP contribution in [0.5, 0.6) is 0 Å². The molecule has 1 nitrogen and oxygen atoms in total. The van der Waals surface area contributed by atoms with Crippen LogP contribution in [0.2, 0.25) is 0 Å². The van der Waals surface area contributed by atoms with Crippen LogP contribution in [0.1, 0.15) is 2.85 Å². The van der Waals surface area contributed by atoms with Gasteiger partial charge in [0.25, 0.3) is 0 Å². The summed E-state index contributed by atoms with van der Waals surface area (Å²) in [4.78, 5) is 1.69. The van der Waals surface area contributed by atoms with Crippen LogP contribution in [-0.4, -0.2) is 39.1 Å². The summed E-state index contributed by atoms with van der Waals surface area (Å²) >= 11 is 1.77. The molecule has 0 spiro atoms. The molecule has 0 aliphatic rings. The second kappa shape index (κ2) is 9.23. The quantitative estimate of drug-likeness (QED) is 0.396. The Morgan fingerprint density at radius 1 is 2.00 bits per heavy atom. The molecule has 4 heavy (non-hydrogen) atoms. The zero-order chi connectivity index (χ0) is 2.71. The Hall–Kier alpha value is 0.776. The molecule has 0 aromatic heterocycles. The third kappa shape index (κ3) is 14.5. The maximum Gasteiger partial charge on any atom is 2.00 e. The normalized spacial score (nSPS) is 2.00. The minimum atomic E-state index is 0. The minimum Gasteiger partial charge on any atom is -1.00 e. The Balaban J connectivity index is -0.00000000667. The topological polar surface area (TPSA) is 23.8 Å². The fraction of sp³-hybridized carbons (Fsp3) is 0. The van der Waals surface area contributed by atoms with E-state index in [1.54, 1.807) is 21.0 Å². The number of nitriles is 1. The molecule has 0 aliphatic heterocycles. The van der Waals surface area contributed by atoms with Crippen LogP contribution in [0.3, 0.4) is 0 Å². The second-order valence-corrected chi connectivity index (χ2v) is 0.520. The first-order chi connectivity index (χ1) is 1.41. The van der Waals surface area contributed by atoms with E-state index in [4.69, 9.17) is 5.26 Å². The van der Waals surface area contributed by atoms with Crippen LogP contribution in [0.4, 0.5) is 0 Å². The van der Waals surface area contributed by atoms with Crippen LogP contribution >= 0.6 is 0 Å². The Labute approximate surface area is 52.3 Å². The Bertz CT molecular complexity index is 35.0. The van der Waals surface area contributed by atoms with Crippen molar-refractivity contribution in [1.29, 1.82) is 5.26 Å². The summed E-state index contributed by atoms with van der Waals surface area (Å²) in [5, 5.41) is 7.29. The van der Waals surface area contributed by atoms with E-state index < -0.39 is 0 Å². The Kier molecular flexibility index (Phi) is 20.4. The van der Waals surface area contributed by atoms with E-state index in [9.17, 15) is 0 Å². The maximum atomic E-state index is 7.29. The summed E-state index contributed by atoms with van der Waals surface area (Å²) in [6.45, 7) is 0. The molecule has 0 aliphatic carbocycles. The number of hydrogen-bond donors (Lipinski definition) is 0. The van der Waals surface area contributed by atoms with Crippen molar-refractivity contribution < 1.29 is 2.85 Å². The summed E-state index contributed by atoms with van der Waals surface area (Å²) in [5.74, 6) is 0. The first-order valence-corrected chi connectivity index (χ1v) is 1.39. The SMILES string of the molecule is N#C[SeH].[H-].[H-].[Mg+2]. The molecular weight excluding hydrogens is 129 g/mol. The summed E-state index contributed by atoms with van der Waals surface area (Å²) in [7, 11) is 0. The zero-order valence-electron chi connectivity index (χ0n) is 4.10. The predicted molar refractivity (Wildman–Crippen MR) is 20.7 cm³/mol. The average molecular weight is 132 g/mol. The molecule has 3 heteroatoms. The van der Waals surface area contributed by atoms with Gasteiger partial charge in [-0.1, -0.05) is 0 Å². The van der Waals surface area contributed by atoms with Crippen molar-refractivity contribution in [2.24, 2.45) is 0 Å². The van der Waals surface area contributed by atoms with Crippen molar-refractivity contribution in [1.82, 2.24) is 0 Å². The monoisotopic (exact) mass is 133 g/mol. The van der Waals surface area contributed by atoms with E-state index in [-0.39, 0.29) is 25.9 Å². The molecule has 20 valence electrons. The van der Waals surface area contributed by atoms with Crippen molar-refractivity contribution in [2.75, 3.05) is 0 Å². The molecule has 0 unspecified atom stereocenters. The third-order valence-corrected chi connectivity index (χ3v) is 0. The predicted octanol–water partition coefficient (Wildman–Crippen LogP) is -0.788. The molecular formula is CH3MgNSe. The van der Waals surface area contributed by atoms with Crippen molar-refractivity contribution in [2.45, 2.75) is 0 Å². The molecule has 0 N–H and O–H groups in total. The van der Waals surface area contributed by atoms with E-state index >= 15 is 0 Å². The van der Waals surface area contributed by atoms with Crippen molar-refractivity contribution in [3.63, 3.8) is 0 Å². The minimum absolute atomic E-state index is 0. The van der Waals surface area contributed by atoms with E-state index in [2.05, 4.69) is 0 Å². The Morgan fingerprint density at radius 3 is 2.00 bits per heavy atom. The maximum absolute atomic E-state index is 7.29. The molecule has 0 atom stereocenters. The van der Waals surface area contributed by atoms with E-state index in [1.807, 2.05) is 0 Å². The molecule has 0 aromatic carbocycles. The van der Waals surface area contributed by atoms with Crippen molar-refractivity contribution in [3.05, 3.63) is 0 Å². The molecule has 0 saturated heterocycles. The summed E-state index contributed by atoms with van der Waals surface area (Å²) in [6.07, 6.45) is 0. The first kappa shape index (κ1) is 8.84. The van der Waals surface area contributed by atoms with E-state index in [1.165, 1.54) is 0 Å². The third-order valence-electron chi connectivity index (χ3n) is 0. The van der Waals surface area contributed by atoms with Gasteiger partial charge in [0.2, 0.25) is 0 Å². The van der Waals surface area contributed by atoms with Gasteiger partial charge in [0, 0.05) is 0 Å². The molecule has 0 radical (unpaired) electrons. The van der Waals surface area contributed by atoms with E-state index in [0.29, 0.717) is 0 Å². The van der Waals surface area contributed by atoms with Crippen molar-refractivity contribution in [3.8, 4) is 4.97 Å². The molecule has 0 saturated carbocycles. The summed E-state index contributed by atoms with van der Waals surface area (Å²) in [6, 6.07) is 0. The van der Waals surface area contributed by atoms with Gasteiger partial charge < -0.3 is 2.85 Å². The molecule has 0 bridgehead atoms. The fourth-order valence-electron chi connectivity index (χ4n) is 0. The van der Waals surface area contributed by atoms with Gasteiger partial charge in [-0.3, -0.25) is 0 Å². The molecule has 0 amide bonds. The van der Waals surface area contributed by atoms with Crippen LogP contribution in [0.15, 0.2) is 0 Å².